The summed E-state index contributed by atoms with van der Waals surface area (Å²) in [7, 11) is 0. The highest BCUT2D eigenvalue weighted by molar-refractivity contribution is 5.90. The van der Waals surface area contributed by atoms with Gasteiger partial charge in [-0.15, -0.1) is 0 Å². The highest BCUT2D eigenvalue weighted by Gasteiger charge is 2.36. The molecule has 3 rings (SSSR count). The number of aliphatic hydroxyl groups excluding tert-OH is 1. The first-order chi connectivity index (χ1) is 12.0. The van der Waals surface area contributed by atoms with Crippen LogP contribution >= 0.6 is 0 Å². The number of nitrogens with two attached hydrogens (primary N) is 1. The number of benzene rings is 1. The lowest BCUT2D eigenvalue weighted by atomic mass is 9.76. The summed E-state index contributed by atoms with van der Waals surface area (Å²) >= 11 is 0. The molecule has 25 heavy (non-hydrogen) atoms. The van der Waals surface area contributed by atoms with Crippen molar-refractivity contribution in [3.05, 3.63) is 53.7 Å². The molecule has 0 spiro atoms. The molecule has 1 aromatic heterocycles. The molecule has 6 nitrogen and oxygen atoms in total. The van der Waals surface area contributed by atoms with E-state index in [4.69, 9.17) is 5.73 Å². The molecule has 7 heteroatoms. The lowest BCUT2D eigenvalue weighted by molar-refractivity contribution is 0.0993. The summed E-state index contributed by atoms with van der Waals surface area (Å²) in [6, 6.07) is 6.37. The number of anilines is 1. The number of hydrogen-bond donors (Lipinski definition) is 2. The van der Waals surface area contributed by atoms with E-state index in [1.165, 1.54) is 18.3 Å². The number of piperidine rings is 1. The second-order valence-corrected chi connectivity index (χ2v) is 6.61. The molecule has 0 bridgehead atoms. The molecular formula is C18H21FN4O2. The smallest absolute Gasteiger partial charge is 0.268 e. The molecule has 132 valence electrons. The van der Waals surface area contributed by atoms with E-state index in [9.17, 15) is 14.3 Å². The topological polar surface area (TPSA) is 92.3 Å². The van der Waals surface area contributed by atoms with E-state index < -0.39 is 5.91 Å². The largest absolute Gasteiger partial charge is 0.396 e. The minimum absolute atomic E-state index is 0.0177. The molecule has 0 unspecified atom stereocenters. The van der Waals surface area contributed by atoms with Gasteiger partial charge in [0.2, 0.25) is 0 Å². The fraction of sp³-hybridized carbons (Fsp3) is 0.389. The van der Waals surface area contributed by atoms with Crippen molar-refractivity contribution in [2.24, 2.45) is 11.1 Å². The van der Waals surface area contributed by atoms with Gasteiger partial charge in [-0.25, -0.2) is 9.37 Å². The third-order valence-electron chi connectivity index (χ3n) is 4.69. The van der Waals surface area contributed by atoms with Gasteiger partial charge in [0.05, 0.1) is 19.0 Å². The van der Waals surface area contributed by atoms with Crippen LogP contribution in [-0.4, -0.2) is 40.7 Å². The summed E-state index contributed by atoms with van der Waals surface area (Å²) in [5.41, 5.74) is 6.03. The van der Waals surface area contributed by atoms with E-state index in [2.05, 4.69) is 9.97 Å². The normalized spacial score (nSPS) is 20.5. The molecule has 1 amide bonds. The van der Waals surface area contributed by atoms with Crippen LogP contribution in [0.5, 0.6) is 0 Å². The highest BCUT2D eigenvalue weighted by Crippen LogP contribution is 2.35. The van der Waals surface area contributed by atoms with Crippen LogP contribution in [-0.2, 0) is 6.42 Å². The van der Waals surface area contributed by atoms with Gasteiger partial charge in [-0.2, -0.15) is 0 Å². The van der Waals surface area contributed by atoms with E-state index in [0.29, 0.717) is 18.8 Å². The van der Waals surface area contributed by atoms with Crippen molar-refractivity contribution in [3.63, 3.8) is 0 Å². The van der Waals surface area contributed by atoms with Crippen molar-refractivity contribution in [1.29, 1.82) is 0 Å². The maximum atomic E-state index is 13.1. The van der Waals surface area contributed by atoms with E-state index >= 15 is 0 Å². The first-order valence-electron chi connectivity index (χ1n) is 8.23. The predicted octanol–water partition coefficient (Wildman–Crippen LogP) is 1.54. The Bertz CT molecular complexity index is 753. The zero-order chi connectivity index (χ0) is 17.9. The Kier molecular flexibility index (Phi) is 4.94. The zero-order valence-corrected chi connectivity index (χ0v) is 13.9. The Morgan fingerprint density at radius 2 is 2.08 bits per heavy atom. The number of halogens is 1. The Labute approximate surface area is 145 Å². The average molecular weight is 344 g/mol. The van der Waals surface area contributed by atoms with Gasteiger partial charge in [0.15, 0.2) is 0 Å². The van der Waals surface area contributed by atoms with Crippen molar-refractivity contribution >= 4 is 11.7 Å². The summed E-state index contributed by atoms with van der Waals surface area (Å²) in [6.07, 6.45) is 5.32. The lowest BCUT2D eigenvalue weighted by Gasteiger charge is -2.42. The number of aromatic nitrogens is 2. The fourth-order valence-corrected chi connectivity index (χ4v) is 3.39. The number of nitrogens with zero attached hydrogens (tertiary/aromatic N) is 3. The second kappa shape index (κ2) is 7.14. The molecule has 1 aliphatic rings. The van der Waals surface area contributed by atoms with Crippen LogP contribution < -0.4 is 10.6 Å². The molecule has 0 aliphatic carbocycles. The molecule has 1 saturated heterocycles. The number of carbonyl (C=O) groups excluding carboxylic acids is 1. The molecular weight excluding hydrogens is 323 g/mol. The van der Waals surface area contributed by atoms with Gasteiger partial charge in [0.25, 0.3) is 5.91 Å². The monoisotopic (exact) mass is 344 g/mol. The van der Waals surface area contributed by atoms with E-state index in [1.54, 1.807) is 18.3 Å². The third kappa shape index (κ3) is 3.93. The van der Waals surface area contributed by atoms with E-state index in [0.717, 1.165) is 24.9 Å². The summed E-state index contributed by atoms with van der Waals surface area (Å²) in [6.45, 7) is 1.36. The van der Waals surface area contributed by atoms with Crippen molar-refractivity contribution in [1.82, 2.24) is 9.97 Å². The minimum atomic E-state index is -0.619. The van der Waals surface area contributed by atoms with Gasteiger partial charge in [-0.3, -0.25) is 9.78 Å². The predicted molar refractivity (Wildman–Crippen MR) is 91.6 cm³/mol. The van der Waals surface area contributed by atoms with Gasteiger partial charge in [-0.05, 0) is 37.0 Å². The number of aliphatic hydroxyl groups is 1. The van der Waals surface area contributed by atoms with Gasteiger partial charge in [-0.1, -0.05) is 12.1 Å². The number of carbonyl (C=O) groups is 1. The van der Waals surface area contributed by atoms with Crippen LogP contribution in [0.4, 0.5) is 10.2 Å². The average Bonchev–Trinajstić information content (AvgIpc) is 2.64. The third-order valence-corrected chi connectivity index (χ3v) is 4.69. The molecule has 1 aliphatic heterocycles. The van der Waals surface area contributed by atoms with Crippen LogP contribution in [0.3, 0.4) is 0 Å². The molecule has 1 fully saturated rings. The van der Waals surface area contributed by atoms with Crippen molar-refractivity contribution in [2.45, 2.75) is 19.3 Å². The van der Waals surface area contributed by atoms with Crippen molar-refractivity contribution < 1.29 is 14.3 Å². The standard InChI is InChI=1S/C18H21FN4O2/c19-14-4-2-13(3-5-14)8-18(12-24)6-1-7-23(11-18)16-10-21-9-15(22-16)17(20)25/h2-5,9-10,24H,1,6-8,11-12H2,(H2,20,25)/t18-/m1/s1. The van der Waals surface area contributed by atoms with Gasteiger partial charge in [0.1, 0.15) is 17.3 Å². The maximum Gasteiger partial charge on any atom is 0.268 e. The molecule has 2 aromatic rings. The molecule has 0 saturated carbocycles. The van der Waals surface area contributed by atoms with Crippen LogP contribution in [0.1, 0.15) is 28.9 Å². The Hall–Kier alpha value is -2.54. The first-order valence-corrected chi connectivity index (χ1v) is 8.23. The zero-order valence-electron chi connectivity index (χ0n) is 13.9. The number of hydrogen-bond acceptors (Lipinski definition) is 5. The molecule has 3 N–H and O–H groups in total. The van der Waals surface area contributed by atoms with Gasteiger partial charge in [0, 0.05) is 18.5 Å². The van der Waals surface area contributed by atoms with Crippen LogP contribution in [0, 0.1) is 11.2 Å². The molecule has 1 atom stereocenters. The van der Waals surface area contributed by atoms with Crippen LogP contribution in [0.25, 0.3) is 0 Å². The Morgan fingerprint density at radius 1 is 1.32 bits per heavy atom. The molecule has 0 radical (unpaired) electrons. The second-order valence-electron chi connectivity index (χ2n) is 6.61. The number of rotatable bonds is 5. The fourth-order valence-electron chi connectivity index (χ4n) is 3.39. The Morgan fingerprint density at radius 3 is 2.76 bits per heavy atom. The first kappa shape index (κ1) is 17.3. The van der Waals surface area contributed by atoms with Gasteiger partial charge >= 0.3 is 0 Å². The highest BCUT2D eigenvalue weighted by atomic mass is 19.1. The van der Waals surface area contributed by atoms with Crippen LogP contribution in [0.15, 0.2) is 36.7 Å². The van der Waals surface area contributed by atoms with E-state index in [-0.39, 0.29) is 23.5 Å². The quantitative estimate of drug-likeness (QED) is 0.858. The lowest BCUT2D eigenvalue weighted by Crippen LogP contribution is -2.47. The molecule has 1 aromatic carbocycles. The summed E-state index contributed by atoms with van der Waals surface area (Å²) in [5.74, 6) is -0.315. The van der Waals surface area contributed by atoms with Crippen molar-refractivity contribution in [2.75, 3.05) is 24.6 Å². The van der Waals surface area contributed by atoms with Crippen LogP contribution in [0.2, 0.25) is 0 Å². The number of amides is 1. The van der Waals surface area contributed by atoms with E-state index in [1.807, 2.05) is 4.90 Å². The Balaban J connectivity index is 1.81. The van der Waals surface area contributed by atoms with Gasteiger partial charge < -0.3 is 15.7 Å². The number of primary amides is 1. The summed E-state index contributed by atoms with van der Waals surface area (Å²) in [5, 5.41) is 10.1. The summed E-state index contributed by atoms with van der Waals surface area (Å²) < 4.78 is 13.1. The SMILES string of the molecule is NC(=O)c1cncc(N2CCC[C@@](CO)(Cc3ccc(F)cc3)C2)n1. The maximum absolute atomic E-state index is 13.1. The molecule has 2 heterocycles. The summed E-state index contributed by atoms with van der Waals surface area (Å²) in [4.78, 5) is 21.6. The minimum Gasteiger partial charge on any atom is -0.396 e. The van der Waals surface area contributed by atoms with Crippen molar-refractivity contribution in [3.8, 4) is 0 Å².